The van der Waals surface area contributed by atoms with Crippen LogP contribution < -0.4 is 0 Å². The molecule has 1 aromatic heterocycles. The van der Waals surface area contributed by atoms with Crippen molar-refractivity contribution in [1.82, 2.24) is 20.3 Å². The van der Waals surface area contributed by atoms with Gasteiger partial charge in [-0.1, -0.05) is 19.3 Å². The number of rotatable bonds is 1. The Morgan fingerprint density at radius 3 is 2.95 bits per heavy atom. The average Bonchev–Trinajstić information content (AvgIpc) is 3.03. The molecule has 1 atom stereocenters. The molecule has 1 N–H and O–H groups in total. The summed E-state index contributed by atoms with van der Waals surface area (Å²) in [4.78, 5) is 15.1. The lowest BCUT2D eigenvalue weighted by molar-refractivity contribution is -0.158. The number of hydrogen-bond donors (Lipinski definition) is 1. The van der Waals surface area contributed by atoms with E-state index in [2.05, 4.69) is 15.4 Å². The van der Waals surface area contributed by atoms with Crippen LogP contribution in [0, 0.1) is 0 Å². The molecule has 0 bridgehead atoms. The molecule has 120 valence electrons. The molecule has 1 aromatic rings. The lowest BCUT2D eigenvalue weighted by Gasteiger charge is -2.45. The predicted molar refractivity (Wildman–Crippen MR) is 80.4 cm³/mol. The molecule has 2 aliphatic carbocycles. The zero-order valence-electron chi connectivity index (χ0n) is 13.0. The fraction of sp³-hybridized carbons (Fsp3) is 0.812. The van der Waals surface area contributed by atoms with Gasteiger partial charge in [0.1, 0.15) is 0 Å². The molecular weight excluding hydrogens is 280 g/mol. The molecule has 6 heteroatoms. The lowest BCUT2D eigenvalue weighted by atomic mass is 9.82. The van der Waals surface area contributed by atoms with E-state index < -0.39 is 0 Å². The van der Waals surface area contributed by atoms with Crippen molar-refractivity contribution in [3.05, 3.63) is 11.4 Å². The van der Waals surface area contributed by atoms with Crippen molar-refractivity contribution in [1.29, 1.82) is 0 Å². The molecule has 1 spiro atoms. The number of fused-ring (bicyclic) bond motifs is 1. The molecule has 0 aromatic carbocycles. The SMILES string of the molecule is O=C([C@@H]1CCCc2n[nH]nc21)N1CCOC2(CCCCC2)C1. The van der Waals surface area contributed by atoms with E-state index in [1.165, 1.54) is 19.3 Å². The van der Waals surface area contributed by atoms with Gasteiger partial charge in [-0.05, 0) is 32.1 Å². The van der Waals surface area contributed by atoms with Gasteiger partial charge in [0, 0.05) is 13.1 Å². The van der Waals surface area contributed by atoms with Crippen LogP contribution in [0.5, 0.6) is 0 Å². The molecule has 0 radical (unpaired) electrons. The zero-order chi connectivity index (χ0) is 15.0. The third-order valence-electron chi connectivity index (χ3n) is 5.51. The van der Waals surface area contributed by atoms with Gasteiger partial charge >= 0.3 is 0 Å². The Labute approximate surface area is 130 Å². The number of hydrogen-bond acceptors (Lipinski definition) is 4. The highest BCUT2D eigenvalue weighted by atomic mass is 16.5. The number of amides is 1. The van der Waals surface area contributed by atoms with Crippen LogP contribution in [0.15, 0.2) is 0 Å². The predicted octanol–water partition coefficient (Wildman–Crippen LogP) is 1.79. The fourth-order valence-electron chi connectivity index (χ4n) is 4.33. The Balaban J connectivity index is 1.51. The van der Waals surface area contributed by atoms with Crippen molar-refractivity contribution in [2.45, 2.75) is 62.9 Å². The van der Waals surface area contributed by atoms with E-state index in [1.54, 1.807) is 0 Å². The first-order valence-electron chi connectivity index (χ1n) is 8.60. The van der Waals surface area contributed by atoms with E-state index in [0.29, 0.717) is 13.2 Å². The quantitative estimate of drug-likeness (QED) is 0.858. The second kappa shape index (κ2) is 5.65. The van der Waals surface area contributed by atoms with E-state index in [1.807, 2.05) is 4.90 Å². The first-order chi connectivity index (χ1) is 10.8. The second-order valence-corrected chi connectivity index (χ2v) is 6.95. The maximum atomic E-state index is 13.0. The maximum absolute atomic E-state index is 13.0. The minimum Gasteiger partial charge on any atom is -0.371 e. The molecule has 4 rings (SSSR count). The van der Waals surface area contributed by atoms with Crippen LogP contribution in [-0.2, 0) is 16.0 Å². The number of ether oxygens (including phenoxy) is 1. The summed E-state index contributed by atoms with van der Waals surface area (Å²) >= 11 is 0. The van der Waals surface area contributed by atoms with Gasteiger partial charge in [-0.15, -0.1) is 0 Å². The first-order valence-corrected chi connectivity index (χ1v) is 8.60. The summed E-state index contributed by atoms with van der Waals surface area (Å²) in [5, 5.41) is 11.1. The highest BCUT2D eigenvalue weighted by molar-refractivity contribution is 5.84. The van der Waals surface area contributed by atoms with Crippen LogP contribution in [0.4, 0.5) is 0 Å². The number of aromatic nitrogens is 3. The number of morpholine rings is 1. The average molecular weight is 304 g/mol. The Bertz CT molecular complexity index is 545. The summed E-state index contributed by atoms with van der Waals surface area (Å²) < 4.78 is 6.10. The minimum absolute atomic E-state index is 0.0759. The third-order valence-corrected chi connectivity index (χ3v) is 5.51. The Morgan fingerprint density at radius 1 is 1.23 bits per heavy atom. The number of H-pyrrole nitrogens is 1. The van der Waals surface area contributed by atoms with Gasteiger partial charge in [0.2, 0.25) is 5.91 Å². The molecule has 1 amide bonds. The minimum atomic E-state index is -0.110. The second-order valence-electron chi connectivity index (χ2n) is 6.95. The highest BCUT2D eigenvalue weighted by Crippen LogP contribution is 2.36. The van der Waals surface area contributed by atoms with Gasteiger partial charge in [0.25, 0.3) is 0 Å². The van der Waals surface area contributed by atoms with Gasteiger partial charge in [0.05, 0.1) is 29.5 Å². The largest absolute Gasteiger partial charge is 0.371 e. The van der Waals surface area contributed by atoms with E-state index in [0.717, 1.165) is 50.0 Å². The molecule has 0 unspecified atom stereocenters. The van der Waals surface area contributed by atoms with Gasteiger partial charge in [0.15, 0.2) is 0 Å². The summed E-state index contributed by atoms with van der Waals surface area (Å²) in [6, 6.07) is 0. The Hall–Kier alpha value is -1.43. The van der Waals surface area contributed by atoms with Gasteiger partial charge in [-0.25, -0.2) is 0 Å². The molecule has 2 heterocycles. The smallest absolute Gasteiger partial charge is 0.232 e. The number of nitrogens with one attached hydrogen (secondary N) is 1. The van der Waals surface area contributed by atoms with Crippen molar-refractivity contribution in [2.24, 2.45) is 0 Å². The van der Waals surface area contributed by atoms with Gasteiger partial charge in [-0.3, -0.25) is 4.79 Å². The van der Waals surface area contributed by atoms with Crippen LogP contribution in [0.2, 0.25) is 0 Å². The Morgan fingerprint density at radius 2 is 2.09 bits per heavy atom. The standard InChI is InChI=1S/C16H24N4O2/c21-15(12-5-4-6-13-14(12)18-19-17-13)20-9-10-22-16(11-20)7-2-1-3-8-16/h12H,1-11H2,(H,17,18,19)/t12-/m1/s1. The van der Waals surface area contributed by atoms with Gasteiger partial charge in [-0.2, -0.15) is 15.4 Å². The fourth-order valence-corrected chi connectivity index (χ4v) is 4.33. The highest BCUT2D eigenvalue weighted by Gasteiger charge is 2.41. The van der Waals surface area contributed by atoms with E-state index in [9.17, 15) is 4.79 Å². The molecule has 2 fully saturated rings. The Kier molecular flexibility index (Phi) is 3.64. The van der Waals surface area contributed by atoms with E-state index >= 15 is 0 Å². The molecule has 22 heavy (non-hydrogen) atoms. The zero-order valence-corrected chi connectivity index (χ0v) is 13.0. The van der Waals surface area contributed by atoms with Crippen LogP contribution in [0.3, 0.4) is 0 Å². The summed E-state index contributed by atoms with van der Waals surface area (Å²) in [6.07, 6.45) is 8.77. The molecule has 6 nitrogen and oxygen atoms in total. The molecule has 3 aliphatic rings. The number of carbonyl (C=O) groups excluding carboxylic acids is 1. The van der Waals surface area contributed by atoms with Crippen LogP contribution in [0.1, 0.15) is 62.3 Å². The summed E-state index contributed by atoms with van der Waals surface area (Å²) in [5.41, 5.74) is 1.78. The third kappa shape index (κ3) is 2.43. The number of aromatic amines is 1. The van der Waals surface area contributed by atoms with Crippen molar-refractivity contribution < 1.29 is 9.53 Å². The summed E-state index contributed by atoms with van der Waals surface area (Å²) in [6.45, 7) is 2.14. The summed E-state index contributed by atoms with van der Waals surface area (Å²) in [7, 11) is 0. The molecule has 1 saturated heterocycles. The topological polar surface area (TPSA) is 71.1 Å². The lowest BCUT2D eigenvalue weighted by Crippen LogP contribution is -2.55. The van der Waals surface area contributed by atoms with E-state index in [4.69, 9.17) is 4.74 Å². The molecule has 1 aliphatic heterocycles. The number of carbonyl (C=O) groups is 1. The van der Waals surface area contributed by atoms with Crippen molar-refractivity contribution in [3.63, 3.8) is 0 Å². The van der Waals surface area contributed by atoms with Crippen LogP contribution in [-0.4, -0.2) is 51.5 Å². The maximum Gasteiger partial charge on any atom is 0.232 e. The number of aryl methyl sites for hydroxylation is 1. The molecular formula is C16H24N4O2. The van der Waals surface area contributed by atoms with Crippen molar-refractivity contribution in [2.75, 3.05) is 19.7 Å². The normalized spacial score (nSPS) is 27.6. The molecule has 1 saturated carbocycles. The van der Waals surface area contributed by atoms with Crippen LogP contribution >= 0.6 is 0 Å². The van der Waals surface area contributed by atoms with E-state index in [-0.39, 0.29) is 17.4 Å². The van der Waals surface area contributed by atoms with Crippen molar-refractivity contribution >= 4 is 5.91 Å². The summed E-state index contributed by atoms with van der Waals surface area (Å²) in [5.74, 6) is 0.115. The number of nitrogens with zero attached hydrogens (tertiary/aromatic N) is 3. The van der Waals surface area contributed by atoms with Crippen LogP contribution in [0.25, 0.3) is 0 Å². The van der Waals surface area contributed by atoms with Gasteiger partial charge < -0.3 is 9.64 Å². The first kappa shape index (κ1) is 14.2. The monoisotopic (exact) mass is 304 g/mol. The van der Waals surface area contributed by atoms with Crippen molar-refractivity contribution in [3.8, 4) is 0 Å².